The van der Waals surface area contributed by atoms with Crippen LogP contribution in [-0.2, 0) is 22.3 Å². The Bertz CT molecular complexity index is 902. The van der Waals surface area contributed by atoms with Crippen LogP contribution in [0, 0.1) is 0 Å². The first kappa shape index (κ1) is 18.8. The van der Waals surface area contributed by atoms with E-state index < -0.39 is 23.6 Å². The van der Waals surface area contributed by atoms with Crippen LogP contribution in [0.15, 0.2) is 36.4 Å². The molecule has 1 heterocycles. The van der Waals surface area contributed by atoms with E-state index in [4.69, 9.17) is 21.1 Å². The van der Waals surface area contributed by atoms with Gasteiger partial charge in [0.15, 0.2) is 11.5 Å². The summed E-state index contributed by atoms with van der Waals surface area (Å²) in [5, 5.41) is 4.31. The average molecular weight is 401 g/mol. The van der Waals surface area contributed by atoms with E-state index in [1.807, 2.05) is 0 Å². The van der Waals surface area contributed by atoms with E-state index in [0.29, 0.717) is 23.1 Å². The van der Waals surface area contributed by atoms with Crippen molar-refractivity contribution in [3.05, 3.63) is 52.5 Å². The number of fused-ring (bicyclic) bond motifs is 1. The van der Waals surface area contributed by atoms with Gasteiger partial charge in [-0.15, -0.1) is 0 Å². The first-order chi connectivity index (χ1) is 12.7. The molecule has 2 N–H and O–H groups in total. The Morgan fingerprint density at radius 1 is 1.04 bits per heavy atom. The molecule has 0 bridgehead atoms. The number of carbonyl (C=O) groups is 2. The number of hydrogen-bond donors (Lipinski definition) is 2. The molecule has 0 saturated carbocycles. The highest BCUT2D eigenvalue weighted by Crippen LogP contribution is 2.34. The van der Waals surface area contributed by atoms with Gasteiger partial charge in [-0.05, 0) is 35.9 Å². The molecule has 2 aromatic rings. The monoisotopic (exact) mass is 400 g/mol. The molecule has 1 aliphatic rings. The van der Waals surface area contributed by atoms with Crippen molar-refractivity contribution in [1.29, 1.82) is 0 Å². The number of benzene rings is 2. The lowest BCUT2D eigenvalue weighted by atomic mass is 10.2. The third-order valence-corrected chi connectivity index (χ3v) is 3.97. The number of hydrogen-bond acceptors (Lipinski definition) is 4. The lowest BCUT2D eigenvalue weighted by Crippen LogP contribution is -2.35. The predicted molar refractivity (Wildman–Crippen MR) is 89.5 cm³/mol. The second kappa shape index (κ2) is 7.36. The second-order valence-corrected chi connectivity index (χ2v) is 5.92. The van der Waals surface area contributed by atoms with E-state index in [1.54, 1.807) is 18.2 Å². The number of anilines is 1. The molecule has 0 fully saturated rings. The zero-order valence-electron chi connectivity index (χ0n) is 13.5. The first-order valence-electron chi connectivity index (χ1n) is 7.58. The molecular formula is C17H12ClF3N2O4. The standard InChI is InChI=1S/C17H12ClF3N2O4/c18-11-3-2-10(17(19,20)21)6-12(11)23-16(25)15(24)22-7-9-1-4-13-14(5-9)27-8-26-13/h1-6H,7-8H2,(H,22,24)(H,23,25). The zero-order chi connectivity index (χ0) is 19.6. The van der Waals surface area contributed by atoms with Crippen molar-refractivity contribution in [2.24, 2.45) is 0 Å². The lowest BCUT2D eigenvalue weighted by Gasteiger charge is -2.11. The van der Waals surface area contributed by atoms with E-state index in [0.717, 1.165) is 12.1 Å². The van der Waals surface area contributed by atoms with Crippen LogP contribution in [0.5, 0.6) is 11.5 Å². The molecule has 2 aromatic carbocycles. The minimum absolute atomic E-state index is 0.0131. The minimum Gasteiger partial charge on any atom is -0.454 e. The molecule has 1 aliphatic heterocycles. The normalized spacial score (nSPS) is 12.6. The lowest BCUT2D eigenvalue weighted by molar-refractivity contribution is -0.137. The molecule has 0 unspecified atom stereocenters. The summed E-state index contributed by atoms with van der Waals surface area (Å²) in [7, 11) is 0. The summed E-state index contributed by atoms with van der Waals surface area (Å²) in [6.07, 6.45) is -4.61. The van der Waals surface area contributed by atoms with Crippen LogP contribution in [0.1, 0.15) is 11.1 Å². The molecule has 10 heteroatoms. The Hall–Kier alpha value is -2.94. The topological polar surface area (TPSA) is 76.7 Å². The van der Waals surface area contributed by atoms with Crippen LogP contribution in [0.3, 0.4) is 0 Å². The fraction of sp³-hybridized carbons (Fsp3) is 0.176. The highest BCUT2D eigenvalue weighted by Gasteiger charge is 2.31. The zero-order valence-corrected chi connectivity index (χ0v) is 14.3. The Kier molecular flexibility index (Phi) is 5.13. The fourth-order valence-corrected chi connectivity index (χ4v) is 2.45. The number of ether oxygens (including phenoxy) is 2. The molecule has 27 heavy (non-hydrogen) atoms. The van der Waals surface area contributed by atoms with E-state index in [1.165, 1.54) is 0 Å². The molecule has 2 amide bonds. The Balaban J connectivity index is 1.62. The van der Waals surface area contributed by atoms with E-state index in [2.05, 4.69) is 10.6 Å². The van der Waals surface area contributed by atoms with E-state index in [-0.39, 0.29) is 24.0 Å². The molecule has 0 saturated heterocycles. The van der Waals surface area contributed by atoms with Crippen LogP contribution in [0.25, 0.3) is 0 Å². The number of carbonyl (C=O) groups excluding carboxylic acids is 2. The van der Waals surface area contributed by atoms with Crippen molar-refractivity contribution >= 4 is 29.1 Å². The van der Waals surface area contributed by atoms with Gasteiger partial charge in [0.05, 0.1) is 16.3 Å². The molecular weight excluding hydrogens is 389 g/mol. The third-order valence-electron chi connectivity index (χ3n) is 3.64. The summed E-state index contributed by atoms with van der Waals surface area (Å²) >= 11 is 5.78. The highest BCUT2D eigenvalue weighted by molar-refractivity contribution is 6.41. The van der Waals surface area contributed by atoms with Crippen molar-refractivity contribution in [3.8, 4) is 11.5 Å². The Labute approximate surface area is 156 Å². The number of rotatable bonds is 3. The highest BCUT2D eigenvalue weighted by atomic mass is 35.5. The van der Waals surface area contributed by atoms with Gasteiger partial charge in [0.1, 0.15) is 0 Å². The molecule has 0 aromatic heterocycles. The van der Waals surface area contributed by atoms with Gasteiger partial charge in [-0.25, -0.2) is 0 Å². The van der Waals surface area contributed by atoms with Crippen molar-refractivity contribution in [1.82, 2.24) is 5.32 Å². The maximum absolute atomic E-state index is 12.7. The van der Waals surface area contributed by atoms with Gasteiger partial charge in [-0.1, -0.05) is 17.7 Å². The van der Waals surface area contributed by atoms with Crippen LogP contribution in [0.2, 0.25) is 5.02 Å². The van der Waals surface area contributed by atoms with Crippen molar-refractivity contribution in [2.75, 3.05) is 12.1 Å². The maximum Gasteiger partial charge on any atom is 0.416 e. The Morgan fingerprint density at radius 2 is 1.78 bits per heavy atom. The summed E-state index contributed by atoms with van der Waals surface area (Å²) < 4.78 is 48.6. The largest absolute Gasteiger partial charge is 0.454 e. The Morgan fingerprint density at radius 3 is 2.52 bits per heavy atom. The van der Waals surface area contributed by atoms with Gasteiger partial charge in [0.2, 0.25) is 6.79 Å². The number of alkyl halides is 3. The van der Waals surface area contributed by atoms with Gasteiger partial charge in [-0.3, -0.25) is 9.59 Å². The smallest absolute Gasteiger partial charge is 0.416 e. The molecule has 0 radical (unpaired) electrons. The molecule has 0 aliphatic carbocycles. The van der Waals surface area contributed by atoms with Crippen LogP contribution < -0.4 is 20.1 Å². The van der Waals surface area contributed by atoms with Crippen molar-refractivity contribution in [3.63, 3.8) is 0 Å². The number of amides is 2. The fourth-order valence-electron chi connectivity index (χ4n) is 2.29. The molecule has 0 atom stereocenters. The first-order valence-corrected chi connectivity index (χ1v) is 7.96. The molecule has 6 nitrogen and oxygen atoms in total. The SMILES string of the molecule is O=C(NCc1ccc2c(c1)OCO2)C(=O)Nc1cc(C(F)(F)F)ccc1Cl. The summed E-state index contributed by atoms with van der Waals surface area (Å²) in [6, 6.07) is 7.40. The van der Waals surface area contributed by atoms with E-state index >= 15 is 0 Å². The van der Waals surface area contributed by atoms with Crippen LogP contribution in [0.4, 0.5) is 18.9 Å². The van der Waals surface area contributed by atoms with Crippen molar-refractivity contribution in [2.45, 2.75) is 12.7 Å². The summed E-state index contributed by atoms with van der Waals surface area (Å²) in [6.45, 7) is 0.116. The molecule has 0 spiro atoms. The quantitative estimate of drug-likeness (QED) is 0.775. The van der Waals surface area contributed by atoms with E-state index in [9.17, 15) is 22.8 Å². The van der Waals surface area contributed by atoms with Gasteiger partial charge in [-0.2, -0.15) is 13.2 Å². The summed E-state index contributed by atoms with van der Waals surface area (Å²) in [4.78, 5) is 23.8. The van der Waals surface area contributed by atoms with Gasteiger partial charge < -0.3 is 20.1 Å². The molecule has 142 valence electrons. The molecule has 3 rings (SSSR count). The summed E-state index contributed by atoms with van der Waals surface area (Å²) in [5.74, 6) is -1.08. The number of nitrogens with one attached hydrogen (secondary N) is 2. The average Bonchev–Trinajstić information content (AvgIpc) is 3.08. The summed E-state index contributed by atoms with van der Waals surface area (Å²) in [5.41, 5.74) is -0.657. The third kappa shape index (κ3) is 4.43. The predicted octanol–water partition coefficient (Wildman–Crippen LogP) is 3.34. The van der Waals surface area contributed by atoms with Gasteiger partial charge >= 0.3 is 18.0 Å². The minimum atomic E-state index is -4.61. The van der Waals surface area contributed by atoms with Gasteiger partial charge in [0, 0.05) is 6.54 Å². The van der Waals surface area contributed by atoms with Crippen molar-refractivity contribution < 1.29 is 32.2 Å². The van der Waals surface area contributed by atoms with Crippen LogP contribution in [-0.4, -0.2) is 18.6 Å². The second-order valence-electron chi connectivity index (χ2n) is 5.52. The maximum atomic E-state index is 12.7. The van der Waals surface area contributed by atoms with Gasteiger partial charge in [0.25, 0.3) is 0 Å². The van der Waals surface area contributed by atoms with Crippen LogP contribution >= 0.6 is 11.6 Å². The number of halogens is 4.